The van der Waals surface area contributed by atoms with Crippen molar-refractivity contribution in [3.05, 3.63) is 51.8 Å². The summed E-state index contributed by atoms with van der Waals surface area (Å²) in [4.78, 5) is 6.18. The minimum Gasteiger partial charge on any atom is -0.231 e. The quantitative estimate of drug-likeness (QED) is 0.367. The average Bonchev–Trinajstić information content (AvgIpc) is 3.12. The van der Waals surface area contributed by atoms with E-state index in [2.05, 4.69) is 57.3 Å². The van der Waals surface area contributed by atoms with Gasteiger partial charge in [0.15, 0.2) is 5.65 Å². The maximum absolute atomic E-state index is 6.23. The number of aryl methyl sites for hydroxylation is 3. The standard InChI is InChI=1S/C22H24ClN3S/c1-6-15(7-2)18-10-12(3)25-26-20(14(5)24-22(18)26)21-13(4)17-11-16(23)8-9-19(17)27-21/h8-11,15H,6-7H2,1-5H3. The molecule has 27 heavy (non-hydrogen) atoms. The van der Waals surface area contributed by atoms with Gasteiger partial charge in [0.2, 0.25) is 0 Å². The molecule has 0 saturated heterocycles. The Hall–Kier alpha value is -1.91. The van der Waals surface area contributed by atoms with Gasteiger partial charge in [-0.15, -0.1) is 11.3 Å². The lowest BCUT2D eigenvalue weighted by Crippen LogP contribution is -2.05. The Labute approximate surface area is 169 Å². The fraction of sp³-hybridized carbons (Fsp3) is 0.364. The maximum Gasteiger partial charge on any atom is 0.158 e. The summed E-state index contributed by atoms with van der Waals surface area (Å²) in [6, 6.07) is 8.32. The number of thiophene rings is 1. The maximum atomic E-state index is 6.23. The van der Waals surface area contributed by atoms with Crippen molar-refractivity contribution in [2.24, 2.45) is 0 Å². The van der Waals surface area contributed by atoms with Crippen molar-refractivity contribution in [1.29, 1.82) is 0 Å². The summed E-state index contributed by atoms with van der Waals surface area (Å²) >= 11 is 8.03. The zero-order chi connectivity index (χ0) is 19.3. The van der Waals surface area contributed by atoms with Gasteiger partial charge in [0, 0.05) is 15.3 Å². The van der Waals surface area contributed by atoms with Crippen LogP contribution in [0.5, 0.6) is 0 Å². The Kier molecular flexibility index (Phi) is 4.73. The Morgan fingerprint density at radius 2 is 1.85 bits per heavy atom. The molecule has 0 aliphatic carbocycles. The Bertz CT molecular complexity index is 1150. The molecule has 140 valence electrons. The first-order valence-corrected chi connectivity index (χ1v) is 10.7. The second-order valence-corrected chi connectivity index (χ2v) is 8.72. The molecule has 0 unspecified atom stereocenters. The molecule has 0 saturated carbocycles. The van der Waals surface area contributed by atoms with Crippen molar-refractivity contribution in [1.82, 2.24) is 14.6 Å². The molecule has 0 radical (unpaired) electrons. The Balaban J connectivity index is 2.03. The third-order valence-corrected chi connectivity index (χ3v) is 6.96. The van der Waals surface area contributed by atoms with Crippen LogP contribution in [0, 0.1) is 20.8 Å². The number of imidazole rings is 1. The van der Waals surface area contributed by atoms with Crippen molar-refractivity contribution in [2.45, 2.75) is 53.4 Å². The van der Waals surface area contributed by atoms with Gasteiger partial charge in [-0.2, -0.15) is 5.10 Å². The Morgan fingerprint density at radius 3 is 2.56 bits per heavy atom. The number of hydrogen-bond donors (Lipinski definition) is 0. The van der Waals surface area contributed by atoms with Crippen LogP contribution in [0.3, 0.4) is 0 Å². The first kappa shape index (κ1) is 18.5. The zero-order valence-electron chi connectivity index (χ0n) is 16.4. The smallest absolute Gasteiger partial charge is 0.158 e. The van der Waals surface area contributed by atoms with Gasteiger partial charge in [0.25, 0.3) is 0 Å². The zero-order valence-corrected chi connectivity index (χ0v) is 18.0. The molecule has 4 aromatic rings. The topological polar surface area (TPSA) is 30.2 Å². The van der Waals surface area contributed by atoms with E-state index >= 15 is 0 Å². The van der Waals surface area contributed by atoms with E-state index in [4.69, 9.17) is 21.7 Å². The highest BCUT2D eigenvalue weighted by Gasteiger charge is 2.22. The lowest BCUT2D eigenvalue weighted by atomic mass is 9.95. The highest BCUT2D eigenvalue weighted by atomic mass is 35.5. The van der Waals surface area contributed by atoms with E-state index in [1.165, 1.54) is 26.1 Å². The van der Waals surface area contributed by atoms with E-state index in [9.17, 15) is 0 Å². The molecular formula is C22H24ClN3S. The van der Waals surface area contributed by atoms with Crippen molar-refractivity contribution in [3.8, 4) is 10.6 Å². The molecule has 0 spiro atoms. The van der Waals surface area contributed by atoms with Crippen molar-refractivity contribution < 1.29 is 0 Å². The van der Waals surface area contributed by atoms with Crippen LogP contribution >= 0.6 is 22.9 Å². The lowest BCUT2D eigenvalue weighted by molar-refractivity contribution is 0.638. The largest absolute Gasteiger partial charge is 0.231 e. The van der Waals surface area contributed by atoms with Crippen LogP contribution in [0.2, 0.25) is 5.02 Å². The molecule has 0 aliphatic rings. The second kappa shape index (κ2) is 6.92. The number of rotatable bonds is 4. The summed E-state index contributed by atoms with van der Waals surface area (Å²) in [6.45, 7) is 10.8. The molecule has 1 aromatic carbocycles. The van der Waals surface area contributed by atoms with Crippen LogP contribution in [-0.4, -0.2) is 14.6 Å². The molecule has 0 atom stereocenters. The van der Waals surface area contributed by atoms with Gasteiger partial charge < -0.3 is 0 Å². The molecule has 3 aromatic heterocycles. The lowest BCUT2D eigenvalue weighted by Gasteiger charge is -2.14. The van der Waals surface area contributed by atoms with E-state index in [0.717, 1.165) is 40.6 Å². The van der Waals surface area contributed by atoms with Gasteiger partial charge in [-0.3, -0.25) is 0 Å². The third kappa shape index (κ3) is 2.95. The molecule has 0 aliphatic heterocycles. The van der Waals surface area contributed by atoms with Gasteiger partial charge in [-0.25, -0.2) is 9.50 Å². The van der Waals surface area contributed by atoms with Crippen LogP contribution in [0.25, 0.3) is 26.3 Å². The monoisotopic (exact) mass is 397 g/mol. The van der Waals surface area contributed by atoms with E-state index < -0.39 is 0 Å². The van der Waals surface area contributed by atoms with Crippen LogP contribution < -0.4 is 0 Å². The molecule has 0 fully saturated rings. The summed E-state index contributed by atoms with van der Waals surface area (Å²) in [6.07, 6.45) is 2.22. The number of hydrogen-bond acceptors (Lipinski definition) is 3. The molecule has 5 heteroatoms. The van der Waals surface area contributed by atoms with E-state index in [1.807, 2.05) is 6.07 Å². The predicted octanol–water partition coefficient (Wildman–Crippen LogP) is 7.09. The highest BCUT2D eigenvalue weighted by Crippen LogP contribution is 2.41. The number of halogens is 1. The first-order chi connectivity index (χ1) is 12.9. The third-order valence-electron chi connectivity index (χ3n) is 5.45. The summed E-state index contributed by atoms with van der Waals surface area (Å²) in [7, 11) is 0. The van der Waals surface area contributed by atoms with Gasteiger partial charge in [0.1, 0.15) is 5.69 Å². The van der Waals surface area contributed by atoms with Crippen molar-refractivity contribution >= 4 is 38.7 Å². The summed E-state index contributed by atoms with van der Waals surface area (Å²) in [5.41, 5.74) is 6.72. The number of fused-ring (bicyclic) bond motifs is 2. The Morgan fingerprint density at radius 1 is 1.11 bits per heavy atom. The van der Waals surface area contributed by atoms with Gasteiger partial charge in [-0.1, -0.05) is 25.4 Å². The molecular weight excluding hydrogens is 374 g/mol. The van der Waals surface area contributed by atoms with E-state index in [1.54, 1.807) is 11.3 Å². The summed E-state index contributed by atoms with van der Waals surface area (Å²) < 4.78 is 3.31. The number of nitrogens with zero attached hydrogens (tertiary/aromatic N) is 3. The summed E-state index contributed by atoms with van der Waals surface area (Å²) in [5.74, 6) is 0.506. The van der Waals surface area contributed by atoms with Crippen LogP contribution in [0.1, 0.15) is 55.1 Å². The van der Waals surface area contributed by atoms with Crippen molar-refractivity contribution in [2.75, 3.05) is 0 Å². The van der Waals surface area contributed by atoms with Gasteiger partial charge >= 0.3 is 0 Å². The molecule has 3 heterocycles. The molecule has 4 rings (SSSR count). The number of aromatic nitrogens is 3. The van der Waals surface area contributed by atoms with Gasteiger partial charge in [-0.05, 0) is 74.7 Å². The fourth-order valence-electron chi connectivity index (χ4n) is 3.99. The SMILES string of the molecule is CCC(CC)c1cc(C)nn2c(-c3sc4ccc(Cl)cc4c3C)c(C)nc12. The number of benzene rings is 1. The fourth-order valence-corrected chi connectivity index (χ4v) is 5.43. The molecule has 3 nitrogen and oxygen atoms in total. The first-order valence-electron chi connectivity index (χ1n) is 9.50. The van der Waals surface area contributed by atoms with E-state index in [0.29, 0.717) is 5.92 Å². The van der Waals surface area contributed by atoms with Crippen LogP contribution in [0.4, 0.5) is 0 Å². The molecule has 0 bridgehead atoms. The van der Waals surface area contributed by atoms with E-state index in [-0.39, 0.29) is 0 Å². The van der Waals surface area contributed by atoms with Gasteiger partial charge in [0.05, 0.1) is 16.3 Å². The normalized spacial score (nSPS) is 12.0. The molecule has 0 N–H and O–H groups in total. The second-order valence-electron chi connectivity index (χ2n) is 7.23. The highest BCUT2D eigenvalue weighted by molar-refractivity contribution is 7.22. The minimum absolute atomic E-state index is 0.506. The van der Waals surface area contributed by atoms with Crippen molar-refractivity contribution in [3.63, 3.8) is 0 Å². The van der Waals surface area contributed by atoms with Crippen LogP contribution in [-0.2, 0) is 0 Å². The average molecular weight is 398 g/mol. The molecule has 0 amide bonds. The minimum atomic E-state index is 0.506. The predicted molar refractivity (Wildman–Crippen MR) is 116 cm³/mol. The summed E-state index contributed by atoms with van der Waals surface area (Å²) in [5, 5.41) is 6.83. The van der Waals surface area contributed by atoms with Crippen LogP contribution in [0.15, 0.2) is 24.3 Å².